The maximum Gasteiger partial charge on any atom is 0.287 e. The molecule has 1 N–H and O–H groups in total. The molecule has 0 saturated carbocycles. The van der Waals surface area contributed by atoms with Crippen molar-refractivity contribution in [2.45, 2.75) is 34.2 Å². The van der Waals surface area contributed by atoms with Crippen molar-refractivity contribution in [3.63, 3.8) is 0 Å². The average Bonchev–Trinajstić information content (AvgIpc) is 2.84. The second-order valence-electron chi connectivity index (χ2n) is 6.16. The molecule has 23 heavy (non-hydrogen) atoms. The van der Waals surface area contributed by atoms with Gasteiger partial charge in [-0.1, -0.05) is 29.8 Å². The van der Waals surface area contributed by atoms with Crippen LogP contribution >= 0.6 is 0 Å². The summed E-state index contributed by atoms with van der Waals surface area (Å²) < 4.78 is 5.79. The summed E-state index contributed by atoms with van der Waals surface area (Å²) in [5, 5.41) is 3.94. The Labute approximate surface area is 136 Å². The van der Waals surface area contributed by atoms with Gasteiger partial charge in [0.25, 0.3) is 5.91 Å². The van der Waals surface area contributed by atoms with Gasteiger partial charge < -0.3 is 9.73 Å². The summed E-state index contributed by atoms with van der Waals surface area (Å²) in [6.07, 6.45) is 0. The van der Waals surface area contributed by atoms with Crippen molar-refractivity contribution in [2.24, 2.45) is 0 Å². The molecular weight excluding hydrogens is 286 g/mol. The fourth-order valence-corrected chi connectivity index (χ4v) is 2.66. The smallest absolute Gasteiger partial charge is 0.287 e. The number of rotatable bonds is 3. The number of benzene rings is 2. The Morgan fingerprint density at radius 3 is 2.35 bits per heavy atom. The SMILES string of the molecule is Cc1ccc(CNC(=O)c2oc3cc(C)c(C)cc3c2C)cc1. The van der Waals surface area contributed by atoms with Crippen LogP contribution in [0.25, 0.3) is 11.0 Å². The molecule has 1 amide bonds. The van der Waals surface area contributed by atoms with E-state index >= 15 is 0 Å². The van der Waals surface area contributed by atoms with E-state index in [4.69, 9.17) is 4.42 Å². The molecule has 0 aliphatic rings. The second kappa shape index (κ2) is 5.92. The molecule has 0 aliphatic heterocycles. The fraction of sp³-hybridized carbons (Fsp3) is 0.250. The van der Waals surface area contributed by atoms with Crippen LogP contribution in [0.5, 0.6) is 0 Å². The van der Waals surface area contributed by atoms with Gasteiger partial charge in [0.2, 0.25) is 0 Å². The molecular formula is C20H21NO2. The number of amides is 1. The zero-order chi connectivity index (χ0) is 16.6. The van der Waals surface area contributed by atoms with E-state index in [0.717, 1.165) is 27.7 Å². The molecule has 118 valence electrons. The lowest BCUT2D eigenvalue weighted by molar-refractivity contribution is 0.0924. The van der Waals surface area contributed by atoms with E-state index in [1.807, 2.05) is 51.1 Å². The first-order chi connectivity index (χ1) is 11.0. The van der Waals surface area contributed by atoms with Crippen LogP contribution in [0.15, 0.2) is 40.8 Å². The van der Waals surface area contributed by atoms with Crippen molar-refractivity contribution in [2.75, 3.05) is 0 Å². The monoisotopic (exact) mass is 307 g/mol. The molecule has 0 fully saturated rings. The molecule has 3 aromatic rings. The van der Waals surface area contributed by atoms with Gasteiger partial charge in [0.05, 0.1) is 0 Å². The first-order valence-electron chi connectivity index (χ1n) is 7.80. The van der Waals surface area contributed by atoms with Crippen molar-refractivity contribution in [1.29, 1.82) is 0 Å². The Hall–Kier alpha value is -2.55. The van der Waals surface area contributed by atoms with Crippen LogP contribution in [0.4, 0.5) is 0 Å². The van der Waals surface area contributed by atoms with Gasteiger partial charge in [-0.3, -0.25) is 4.79 Å². The van der Waals surface area contributed by atoms with Crippen LogP contribution in [0, 0.1) is 27.7 Å². The Morgan fingerprint density at radius 1 is 1.00 bits per heavy atom. The molecule has 0 atom stereocenters. The lowest BCUT2D eigenvalue weighted by atomic mass is 10.0. The van der Waals surface area contributed by atoms with Crippen molar-refractivity contribution >= 4 is 16.9 Å². The van der Waals surface area contributed by atoms with Gasteiger partial charge in [0, 0.05) is 17.5 Å². The fourth-order valence-electron chi connectivity index (χ4n) is 2.66. The first-order valence-corrected chi connectivity index (χ1v) is 7.80. The minimum Gasteiger partial charge on any atom is -0.451 e. The highest BCUT2D eigenvalue weighted by atomic mass is 16.3. The third kappa shape index (κ3) is 3.00. The number of fused-ring (bicyclic) bond motifs is 1. The van der Waals surface area contributed by atoms with E-state index in [9.17, 15) is 4.79 Å². The number of carbonyl (C=O) groups is 1. The van der Waals surface area contributed by atoms with Gasteiger partial charge in [-0.05, 0) is 56.5 Å². The standard InChI is InChI=1S/C20H21NO2/c1-12-5-7-16(8-6-12)11-21-20(22)19-15(4)17-9-13(2)14(3)10-18(17)23-19/h5-10H,11H2,1-4H3,(H,21,22). The van der Waals surface area contributed by atoms with E-state index in [1.54, 1.807) is 0 Å². The topological polar surface area (TPSA) is 42.2 Å². The summed E-state index contributed by atoms with van der Waals surface area (Å²) in [6, 6.07) is 12.2. The molecule has 0 aliphatic carbocycles. The van der Waals surface area contributed by atoms with Crippen molar-refractivity contribution in [1.82, 2.24) is 5.32 Å². The van der Waals surface area contributed by atoms with Crippen molar-refractivity contribution in [3.05, 3.63) is 70.0 Å². The maximum absolute atomic E-state index is 12.4. The Morgan fingerprint density at radius 2 is 1.65 bits per heavy atom. The molecule has 0 unspecified atom stereocenters. The molecule has 1 aromatic heterocycles. The van der Waals surface area contributed by atoms with E-state index in [0.29, 0.717) is 12.3 Å². The molecule has 1 heterocycles. The largest absolute Gasteiger partial charge is 0.451 e. The molecule has 3 heteroatoms. The van der Waals surface area contributed by atoms with E-state index in [-0.39, 0.29) is 5.91 Å². The van der Waals surface area contributed by atoms with Crippen LogP contribution < -0.4 is 5.32 Å². The zero-order valence-electron chi connectivity index (χ0n) is 14.0. The third-order valence-electron chi connectivity index (χ3n) is 4.33. The zero-order valence-corrected chi connectivity index (χ0v) is 14.0. The summed E-state index contributed by atoms with van der Waals surface area (Å²) in [7, 11) is 0. The van der Waals surface area contributed by atoms with Gasteiger partial charge in [0.1, 0.15) is 5.58 Å². The van der Waals surface area contributed by atoms with Crippen LogP contribution in [-0.4, -0.2) is 5.91 Å². The van der Waals surface area contributed by atoms with Gasteiger partial charge in [-0.15, -0.1) is 0 Å². The van der Waals surface area contributed by atoms with E-state index in [1.165, 1.54) is 11.1 Å². The predicted octanol–water partition coefficient (Wildman–Crippen LogP) is 4.60. The highest BCUT2D eigenvalue weighted by Crippen LogP contribution is 2.28. The Kier molecular flexibility index (Phi) is 3.95. The number of hydrogen-bond donors (Lipinski definition) is 1. The number of aryl methyl sites for hydroxylation is 4. The molecule has 0 bridgehead atoms. The second-order valence-corrected chi connectivity index (χ2v) is 6.16. The summed E-state index contributed by atoms with van der Waals surface area (Å²) in [6.45, 7) is 8.58. The summed E-state index contributed by atoms with van der Waals surface area (Å²) in [5.41, 5.74) is 6.31. The third-order valence-corrected chi connectivity index (χ3v) is 4.33. The van der Waals surface area contributed by atoms with Gasteiger partial charge in [-0.2, -0.15) is 0 Å². The number of carbonyl (C=O) groups excluding carboxylic acids is 1. The Balaban J connectivity index is 1.83. The predicted molar refractivity (Wildman–Crippen MR) is 92.8 cm³/mol. The maximum atomic E-state index is 12.4. The molecule has 2 aromatic carbocycles. The molecule has 0 spiro atoms. The minimum absolute atomic E-state index is 0.172. The summed E-state index contributed by atoms with van der Waals surface area (Å²) in [4.78, 5) is 12.4. The van der Waals surface area contributed by atoms with Crippen LogP contribution in [0.1, 0.15) is 38.4 Å². The van der Waals surface area contributed by atoms with Crippen LogP contribution in [0.2, 0.25) is 0 Å². The van der Waals surface area contributed by atoms with Gasteiger partial charge in [0.15, 0.2) is 5.76 Å². The minimum atomic E-state index is -0.172. The lowest BCUT2D eigenvalue weighted by Gasteiger charge is -2.04. The van der Waals surface area contributed by atoms with Crippen LogP contribution in [0.3, 0.4) is 0 Å². The summed E-state index contributed by atoms with van der Waals surface area (Å²) in [5.74, 6) is 0.228. The molecule has 3 rings (SSSR count). The normalized spacial score (nSPS) is 11.0. The van der Waals surface area contributed by atoms with Crippen molar-refractivity contribution in [3.8, 4) is 0 Å². The number of nitrogens with one attached hydrogen (secondary N) is 1. The van der Waals surface area contributed by atoms with Gasteiger partial charge >= 0.3 is 0 Å². The highest BCUT2D eigenvalue weighted by molar-refractivity contribution is 5.99. The lowest BCUT2D eigenvalue weighted by Crippen LogP contribution is -2.22. The number of hydrogen-bond acceptors (Lipinski definition) is 2. The molecule has 0 radical (unpaired) electrons. The quantitative estimate of drug-likeness (QED) is 0.768. The molecule has 0 saturated heterocycles. The summed E-state index contributed by atoms with van der Waals surface area (Å²) >= 11 is 0. The average molecular weight is 307 g/mol. The van der Waals surface area contributed by atoms with Gasteiger partial charge in [-0.25, -0.2) is 0 Å². The van der Waals surface area contributed by atoms with E-state index in [2.05, 4.69) is 18.3 Å². The van der Waals surface area contributed by atoms with Crippen LogP contribution in [-0.2, 0) is 6.54 Å². The van der Waals surface area contributed by atoms with E-state index < -0.39 is 0 Å². The molecule has 3 nitrogen and oxygen atoms in total. The highest BCUT2D eigenvalue weighted by Gasteiger charge is 2.18. The first kappa shape index (κ1) is 15.3. The Bertz CT molecular complexity index is 873. The number of furan rings is 1. The van der Waals surface area contributed by atoms with Crippen molar-refractivity contribution < 1.29 is 9.21 Å².